The molecule has 0 aromatic heterocycles. The first kappa shape index (κ1) is 14.3. The molecule has 2 rings (SSSR count). The summed E-state index contributed by atoms with van der Waals surface area (Å²) < 4.78 is -0.262. The fourth-order valence-electron chi connectivity index (χ4n) is 2.52. The number of aliphatic hydroxyl groups is 1. The van der Waals surface area contributed by atoms with Crippen molar-refractivity contribution < 1.29 is 9.90 Å². The molecule has 0 spiro atoms. The summed E-state index contributed by atoms with van der Waals surface area (Å²) >= 11 is 3.52. The van der Waals surface area contributed by atoms with Gasteiger partial charge in [0.05, 0.1) is 6.10 Å². The Morgan fingerprint density at radius 2 is 2.06 bits per heavy atom. The van der Waals surface area contributed by atoms with Gasteiger partial charge in [0.25, 0.3) is 0 Å². The molecule has 1 saturated heterocycles. The number of carbonyl (C=O) groups is 1. The molecular formula is C13H23BrN2O2. The molecule has 1 aliphatic heterocycles. The van der Waals surface area contributed by atoms with E-state index in [-0.39, 0.29) is 16.3 Å². The fraction of sp³-hybridized carbons (Fsp3) is 0.923. The van der Waals surface area contributed by atoms with Gasteiger partial charge in [-0.25, -0.2) is 0 Å². The molecule has 1 heterocycles. The predicted molar refractivity (Wildman–Crippen MR) is 74.8 cm³/mol. The van der Waals surface area contributed by atoms with E-state index in [2.05, 4.69) is 26.1 Å². The van der Waals surface area contributed by atoms with Crippen molar-refractivity contribution in [3.63, 3.8) is 0 Å². The van der Waals surface area contributed by atoms with Crippen LogP contribution in [-0.2, 0) is 4.79 Å². The lowest BCUT2D eigenvalue weighted by atomic mass is 9.84. The molecule has 2 aliphatic rings. The van der Waals surface area contributed by atoms with Crippen molar-refractivity contribution in [3.05, 3.63) is 0 Å². The van der Waals surface area contributed by atoms with E-state index < -0.39 is 0 Å². The summed E-state index contributed by atoms with van der Waals surface area (Å²) in [6.07, 6.45) is 5.73. The number of hydrogen-bond acceptors (Lipinski definition) is 3. The summed E-state index contributed by atoms with van der Waals surface area (Å²) in [5, 5.41) is 12.4. The maximum Gasteiger partial charge on any atom is 0.236 e. The molecule has 1 amide bonds. The first-order valence-electron chi connectivity index (χ1n) is 6.98. The van der Waals surface area contributed by atoms with E-state index in [1.165, 1.54) is 0 Å². The number of nitrogens with one attached hydrogen (secondary N) is 1. The Bertz CT molecular complexity index is 287. The highest BCUT2D eigenvalue weighted by Crippen LogP contribution is 2.40. The highest BCUT2D eigenvalue weighted by molar-refractivity contribution is 9.10. The van der Waals surface area contributed by atoms with Gasteiger partial charge in [0.15, 0.2) is 0 Å². The molecular weight excluding hydrogens is 296 g/mol. The first-order valence-corrected chi connectivity index (χ1v) is 7.77. The summed E-state index contributed by atoms with van der Waals surface area (Å²) in [5.41, 5.74) is 0. The van der Waals surface area contributed by atoms with Gasteiger partial charge in [-0.1, -0.05) is 15.9 Å². The van der Waals surface area contributed by atoms with Gasteiger partial charge >= 0.3 is 0 Å². The minimum Gasteiger partial charge on any atom is -0.393 e. The third-order valence-electron chi connectivity index (χ3n) is 4.05. The van der Waals surface area contributed by atoms with Crippen molar-refractivity contribution in [1.82, 2.24) is 10.2 Å². The summed E-state index contributed by atoms with van der Waals surface area (Å²) in [4.78, 5) is 14.2. The van der Waals surface area contributed by atoms with Crippen molar-refractivity contribution in [2.24, 2.45) is 0 Å². The van der Waals surface area contributed by atoms with Crippen LogP contribution in [0.4, 0.5) is 0 Å². The van der Waals surface area contributed by atoms with E-state index >= 15 is 0 Å². The van der Waals surface area contributed by atoms with Crippen molar-refractivity contribution >= 4 is 21.8 Å². The van der Waals surface area contributed by atoms with Crippen LogP contribution in [0.2, 0.25) is 0 Å². The van der Waals surface area contributed by atoms with Crippen LogP contribution in [0.5, 0.6) is 0 Å². The summed E-state index contributed by atoms with van der Waals surface area (Å²) in [6.45, 7) is 3.74. The van der Waals surface area contributed by atoms with Crippen molar-refractivity contribution in [1.29, 1.82) is 0 Å². The molecule has 1 aliphatic carbocycles. The summed E-state index contributed by atoms with van der Waals surface area (Å²) in [7, 11) is 0. The lowest BCUT2D eigenvalue weighted by molar-refractivity contribution is -0.125. The van der Waals surface area contributed by atoms with Crippen LogP contribution in [0.15, 0.2) is 0 Å². The fourth-order valence-corrected chi connectivity index (χ4v) is 3.22. The lowest BCUT2D eigenvalue weighted by Gasteiger charge is -2.34. The lowest BCUT2D eigenvalue weighted by Crippen LogP contribution is -2.47. The van der Waals surface area contributed by atoms with Crippen LogP contribution in [0.25, 0.3) is 0 Å². The summed E-state index contributed by atoms with van der Waals surface area (Å²) in [6, 6.07) is 0. The maximum absolute atomic E-state index is 11.8. The zero-order chi connectivity index (χ0) is 13.0. The topological polar surface area (TPSA) is 52.6 Å². The Labute approximate surface area is 117 Å². The number of nitrogens with zero attached hydrogens (tertiary/aromatic N) is 1. The number of halogens is 1. The number of likely N-dealkylation sites (tertiary alicyclic amines) is 1. The molecule has 5 heteroatoms. The van der Waals surface area contributed by atoms with Crippen LogP contribution in [0.1, 0.15) is 38.5 Å². The molecule has 104 valence electrons. The van der Waals surface area contributed by atoms with Crippen LogP contribution in [-0.4, -0.2) is 52.5 Å². The summed E-state index contributed by atoms with van der Waals surface area (Å²) in [5.74, 6) is 0.155. The number of hydrogen-bond donors (Lipinski definition) is 2. The van der Waals surface area contributed by atoms with E-state index in [9.17, 15) is 9.90 Å². The largest absolute Gasteiger partial charge is 0.393 e. The highest BCUT2D eigenvalue weighted by atomic mass is 79.9. The SMILES string of the molecule is O=C(NCCCN1CCC(O)CC1)C1(Br)CCC1. The third-order valence-corrected chi connectivity index (χ3v) is 5.20. The predicted octanol–water partition coefficient (Wildman–Crippen LogP) is 1.27. The van der Waals surface area contributed by atoms with Crippen molar-refractivity contribution in [2.75, 3.05) is 26.2 Å². The maximum atomic E-state index is 11.8. The molecule has 0 atom stereocenters. The molecule has 0 aromatic rings. The zero-order valence-electron chi connectivity index (χ0n) is 10.8. The first-order chi connectivity index (χ1) is 8.60. The number of rotatable bonds is 5. The van der Waals surface area contributed by atoms with Gasteiger partial charge in [0.1, 0.15) is 4.32 Å². The van der Waals surface area contributed by atoms with E-state index in [0.717, 1.165) is 64.7 Å². The molecule has 18 heavy (non-hydrogen) atoms. The molecule has 1 saturated carbocycles. The normalized spacial score (nSPS) is 24.6. The Morgan fingerprint density at radius 1 is 1.39 bits per heavy atom. The second-order valence-corrected chi connectivity index (χ2v) is 7.02. The standard InChI is InChI=1S/C13H23BrN2O2/c14-13(5-1-6-13)12(18)15-7-2-8-16-9-3-11(17)4-10-16/h11,17H,1-10H2,(H,15,18). The van der Waals surface area contributed by atoms with E-state index in [1.807, 2.05) is 0 Å². The molecule has 4 nitrogen and oxygen atoms in total. The van der Waals surface area contributed by atoms with Crippen LogP contribution in [0, 0.1) is 0 Å². The second kappa shape index (κ2) is 6.35. The molecule has 0 unspecified atom stereocenters. The number of carbonyl (C=O) groups excluding carboxylic acids is 1. The molecule has 2 fully saturated rings. The van der Waals surface area contributed by atoms with Gasteiger partial charge in [0.2, 0.25) is 5.91 Å². The molecule has 0 bridgehead atoms. The van der Waals surface area contributed by atoms with Gasteiger partial charge in [-0.2, -0.15) is 0 Å². The Balaban J connectivity index is 1.54. The quantitative estimate of drug-likeness (QED) is 0.593. The second-order valence-electron chi connectivity index (χ2n) is 5.50. The molecule has 0 radical (unpaired) electrons. The van der Waals surface area contributed by atoms with Crippen molar-refractivity contribution in [3.8, 4) is 0 Å². The number of piperidine rings is 1. The van der Waals surface area contributed by atoms with Gasteiger partial charge in [0, 0.05) is 19.6 Å². The van der Waals surface area contributed by atoms with Crippen LogP contribution in [0.3, 0.4) is 0 Å². The minimum atomic E-state index is -0.262. The Hall–Kier alpha value is -0.130. The third kappa shape index (κ3) is 3.68. The number of amides is 1. The van der Waals surface area contributed by atoms with Crippen molar-refractivity contribution in [2.45, 2.75) is 49.0 Å². The van der Waals surface area contributed by atoms with Gasteiger partial charge < -0.3 is 15.3 Å². The average Bonchev–Trinajstić information content (AvgIpc) is 2.33. The smallest absolute Gasteiger partial charge is 0.236 e. The van der Waals surface area contributed by atoms with Gasteiger partial charge in [-0.05, 0) is 45.1 Å². The van der Waals surface area contributed by atoms with Gasteiger partial charge in [-0.15, -0.1) is 0 Å². The van der Waals surface area contributed by atoms with E-state index in [1.54, 1.807) is 0 Å². The Morgan fingerprint density at radius 3 is 2.61 bits per heavy atom. The van der Waals surface area contributed by atoms with E-state index in [4.69, 9.17) is 0 Å². The van der Waals surface area contributed by atoms with Crippen LogP contribution < -0.4 is 5.32 Å². The average molecular weight is 319 g/mol. The monoisotopic (exact) mass is 318 g/mol. The Kier molecular flexibility index (Phi) is 5.04. The van der Waals surface area contributed by atoms with Gasteiger partial charge in [-0.3, -0.25) is 4.79 Å². The van der Waals surface area contributed by atoms with E-state index in [0.29, 0.717) is 0 Å². The molecule has 0 aromatic carbocycles. The molecule has 2 N–H and O–H groups in total. The highest BCUT2D eigenvalue weighted by Gasteiger charge is 2.41. The number of alkyl halides is 1. The number of aliphatic hydroxyl groups excluding tert-OH is 1. The minimum absolute atomic E-state index is 0.104. The van der Waals surface area contributed by atoms with Crippen LogP contribution >= 0.6 is 15.9 Å². The zero-order valence-corrected chi connectivity index (χ0v) is 12.4.